The molecule has 0 aromatic carbocycles. The van der Waals surface area contributed by atoms with E-state index in [0.29, 0.717) is 0 Å². The van der Waals surface area contributed by atoms with Crippen molar-refractivity contribution < 1.29 is 0 Å². The Morgan fingerprint density at radius 3 is 2.46 bits per heavy atom. The fourth-order valence-corrected chi connectivity index (χ4v) is 2.14. The monoisotopic (exact) mass is 184 g/mol. The van der Waals surface area contributed by atoms with Gasteiger partial charge >= 0.3 is 0 Å². The van der Waals surface area contributed by atoms with Crippen LogP contribution in [0.15, 0.2) is 0 Å². The van der Waals surface area contributed by atoms with Crippen LogP contribution in [0, 0.1) is 5.92 Å². The van der Waals surface area contributed by atoms with Crippen LogP contribution in [0.5, 0.6) is 0 Å². The van der Waals surface area contributed by atoms with E-state index in [1.165, 1.54) is 25.7 Å². The smallest absolute Gasteiger partial charge is 0.0101 e. The second-order valence-corrected chi connectivity index (χ2v) is 4.59. The number of hydrogen-bond donors (Lipinski definition) is 1. The lowest BCUT2D eigenvalue weighted by Crippen LogP contribution is -2.36. The average Bonchev–Trinajstić information content (AvgIpc) is 2.55. The van der Waals surface area contributed by atoms with E-state index in [0.717, 1.165) is 25.0 Å². The normalized spacial score (nSPS) is 21.2. The second kappa shape index (κ2) is 5.61. The molecular formula is C11H24N2. The first-order valence-corrected chi connectivity index (χ1v) is 5.58. The van der Waals surface area contributed by atoms with Gasteiger partial charge in [0.05, 0.1) is 0 Å². The number of hydrogen-bond acceptors (Lipinski definition) is 2. The summed E-state index contributed by atoms with van der Waals surface area (Å²) in [4.78, 5) is 2.23. The summed E-state index contributed by atoms with van der Waals surface area (Å²) in [5, 5.41) is 3.61. The summed E-state index contributed by atoms with van der Waals surface area (Å²) in [5.41, 5.74) is 0. The molecule has 0 aliphatic heterocycles. The van der Waals surface area contributed by atoms with Gasteiger partial charge in [-0.3, -0.25) is 0 Å². The molecule has 0 bridgehead atoms. The third kappa shape index (κ3) is 4.10. The van der Waals surface area contributed by atoms with E-state index in [-0.39, 0.29) is 0 Å². The molecule has 0 radical (unpaired) electrons. The van der Waals surface area contributed by atoms with Crippen LogP contribution in [-0.2, 0) is 0 Å². The van der Waals surface area contributed by atoms with Gasteiger partial charge in [0.15, 0.2) is 0 Å². The highest BCUT2D eigenvalue weighted by atomic mass is 15.1. The highest BCUT2D eigenvalue weighted by Crippen LogP contribution is 2.27. The molecule has 1 fully saturated rings. The van der Waals surface area contributed by atoms with Crippen LogP contribution in [0.1, 0.15) is 32.6 Å². The molecule has 0 heterocycles. The van der Waals surface area contributed by atoms with E-state index in [2.05, 4.69) is 31.2 Å². The maximum atomic E-state index is 3.61. The lowest BCUT2D eigenvalue weighted by molar-refractivity contribution is 0.343. The molecule has 0 amide bonds. The molecule has 2 heteroatoms. The van der Waals surface area contributed by atoms with E-state index in [4.69, 9.17) is 0 Å². The van der Waals surface area contributed by atoms with Crippen LogP contribution in [0.25, 0.3) is 0 Å². The summed E-state index contributed by atoms with van der Waals surface area (Å²) in [6.07, 6.45) is 5.78. The van der Waals surface area contributed by atoms with Gasteiger partial charge < -0.3 is 10.2 Å². The van der Waals surface area contributed by atoms with E-state index < -0.39 is 0 Å². The summed E-state index contributed by atoms with van der Waals surface area (Å²) in [7, 11) is 4.25. The molecule has 0 spiro atoms. The highest BCUT2D eigenvalue weighted by Gasteiger charge is 2.20. The molecule has 2 nitrogen and oxygen atoms in total. The van der Waals surface area contributed by atoms with Gasteiger partial charge in [-0.1, -0.05) is 12.8 Å². The summed E-state index contributed by atoms with van der Waals surface area (Å²) in [6.45, 7) is 4.62. The van der Waals surface area contributed by atoms with Crippen molar-refractivity contribution in [2.45, 2.75) is 38.6 Å². The summed E-state index contributed by atoms with van der Waals surface area (Å²) < 4.78 is 0. The fourth-order valence-electron chi connectivity index (χ4n) is 2.14. The molecule has 0 saturated heterocycles. The Morgan fingerprint density at radius 2 is 1.92 bits per heavy atom. The number of nitrogens with zero attached hydrogens (tertiary/aromatic N) is 1. The topological polar surface area (TPSA) is 15.3 Å². The Kier molecular flexibility index (Phi) is 4.74. The van der Waals surface area contributed by atoms with Gasteiger partial charge in [-0.2, -0.15) is 0 Å². The molecule has 1 saturated carbocycles. The van der Waals surface area contributed by atoms with Gasteiger partial charge in [-0.25, -0.2) is 0 Å². The van der Waals surface area contributed by atoms with E-state index in [9.17, 15) is 0 Å². The molecule has 1 rings (SSSR count). The van der Waals surface area contributed by atoms with Crippen LogP contribution in [0.2, 0.25) is 0 Å². The molecule has 0 aromatic heterocycles. The van der Waals surface area contributed by atoms with E-state index in [1.807, 2.05) is 0 Å². The van der Waals surface area contributed by atoms with Crippen LogP contribution >= 0.6 is 0 Å². The first-order valence-electron chi connectivity index (χ1n) is 5.58. The van der Waals surface area contributed by atoms with Crippen molar-refractivity contribution in [3.63, 3.8) is 0 Å². The molecular weight excluding hydrogens is 160 g/mol. The summed E-state index contributed by atoms with van der Waals surface area (Å²) in [5.74, 6) is 0.946. The molecule has 1 N–H and O–H groups in total. The molecule has 0 aromatic rings. The minimum absolute atomic E-state index is 0.724. The Morgan fingerprint density at radius 1 is 1.31 bits per heavy atom. The molecule has 13 heavy (non-hydrogen) atoms. The minimum Gasteiger partial charge on any atom is -0.313 e. The zero-order valence-corrected chi connectivity index (χ0v) is 9.34. The van der Waals surface area contributed by atoms with Crippen LogP contribution in [-0.4, -0.2) is 38.1 Å². The van der Waals surface area contributed by atoms with Gasteiger partial charge in [-0.05, 0) is 39.8 Å². The number of rotatable bonds is 5. The third-order valence-electron chi connectivity index (χ3n) is 3.13. The molecule has 1 aliphatic rings. The molecule has 1 atom stereocenters. The summed E-state index contributed by atoms with van der Waals surface area (Å²) in [6, 6.07) is 0.724. The van der Waals surface area contributed by atoms with Crippen molar-refractivity contribution in [1.29, 1.82) is 0 Å². The zero-order chi connectivity index (χ0) is 9.68. The SMILES string of the molecule is C[C@@H](NCCN(C)C)C1CCCC1. The van der Waals surface area contributed by atoms with Crippen molar-refractivity contribution in [2.24, 2.45) is 5.92 Å². The Labute approximate surface area is 82.7 Å². The van der Waals surface area contributed by atoms with Crippen molar-refractivity contribution >= 4 is 0 Å². The van der Waals surface area contributed by atoms with Crippen LogP contribution in [0.3, 0.4) is 0 Å². The lowest BCUT2D eigenvalue weighted by atomic mass is 10.00. The van der Waals surface area contributed by atoms with Crippen molar-refractivity contribution in [2.75, 3.05) is 27.2 Å². The summed E-state index contributed by atoms with van der Waals surface area (Å²) >= 11 is 0. The first-order chi connectivity index (χ1) is 6.20. The van der Waals surface area contributed by atoms with Crippen molar-refractivity contribution in [1.82, 2.24) is 10.2 Å². The fraction of sp³-hybridized carbons (Fsp3) is 1.00. The largest absolute Gasteiger partial charge is 0.313 e. The Balaban J connectivity index is 2.06. The van der Waals surface area contributed by atoms with Crippen molar-refractivity contribution in [3.8, 4) is 0 Å². The van der Waals surface area contributed by atoms with Gasteiger partial charge in [0.25, 0.3) is 0 Å². The number of nitrogens with one attached hydrogen (secondary N) is 1. The average molecular weight is 184 g/mol. The predicted molar refractivity (Wildman–Crippen MR) is 58.0 cm³/mol. The standard InChI is InChI=1S/C11H24N2/c1-10(11-6-4-5-7-11)12-8-9-13(2)3/h10-12H,4-9H2,1-3H3/t10-/m1/s1. The first kappa shape index (κ1) is 11.0. The molecule has 78 valence electrons. The highest BCUT2D eigenvalue weighted by molar-refractivity contribution is 4.77. The lowest BCUT2D eigenvalue weighted by Gasteiger charge is -2.21. The molecule has 1 aliphatic carbocycles. The van der Waals surface area contributed by atoms with E-state index in [1.54, 1.807) is 0 Å². The van der Waals surface area contributed by atoms with Crippen LogP contribution in [0.4, 0.5) is 0 Å². The van der Waals surface area contributed by atoms with Gasteiger partial charge in [0, 0.05) is 19.1 Å². The Bertz CT molecular complexity index is 128. The maximum absolute atomic E-state index is 3.61. The van der Waals surface area contributed by atoms with Gasteiger partial charge in [0.2, 0.25) is 0 Å². The maximum Gasteiger partial charge on any atom is 0.0101 e. The molecule has 0 unspecified atom stereocenters. The predicted octanol–water partition coefficient (Wildman–Crippen LogP) is 1.72. The van der Waals surface area contributed by atoms with Crippen LogP contribution < -0.4 is 5.32 Å². The van der Waals surface area contributed by atoms with Crippen molar-refractivity contribution in [3.05, 3.63) is 0 Å². The minimum atomic E-state index is 0.724. The zero-order valence-electron chi connectivity index (χ0n) is 9.34. The number of likely N-dealkylation sites (N-methyl/N-ethyl adjacent to an activating group) is 1. The van der Waals surface area contributed by atoms with Gasteiger partial charge in [-0.15, -0.1) is 0 Å². The van der Waals surface area contributed by atoms with Gasteiger partial charge in [0.1, 0.15) is 0 Å². The Hall–Kier alpha value is -0.0800. The quantitative estimate of drug-likeness (QED) is 0.700. The van der Waals surface area contributed by atoms with E-state index >= 15 is 0 Å². The second-order valence-electron chi connectivity index (χ2n) is 4.59. The third-order valence-corrected chi connectivity index (χ3v) is 3.13.